The molecule has 0 aliphatic heterocycles. The van der Waals surface area contributed by atoms with Crippen LogP contribution < -0.4 is 5.32 Å². The molecule has 0 fully saturated rings. The first-order chi connectivity index (χ1) is 6.79. The predicted octanol–water partition coefficient (Wildman–Crippen LogP) is 0.308. The van der Waals surface area contributed by atoms with Gasteiger partial charge in [0.2, 0.25) is 5.78 Å². The molecule has 0 unspecified atom stereocenters. The van der Waals surface area contributed by atoms with Crippen LogP contribution >= 0.6 is 0 Å². The first-order valence-corrected chi connectivity index (χ1v) is 4.48. The Bertz CT molecular complexity index is 348. The van der Waals surface area contributed by atoms with Gasteiger partial charge in [0, 0.05) is 18.9 Å². The maximum Gasteiger partial charge on any atom is 0.211 e. The number of imidazole rings is 1. The number of terminal acetylenes is 1. The van der Waals surface area contributed by atoms with Gasteiger partial charge in [0.1, 0.15) is 0 Å². The molecule has 1 aromatic heterocycles. The zero-order valence-corrected chi connectivity index (χ0v) is 8.16. The number of rotatable bonds is 5. The first-order valence-electron chi connectivity index (χ1n) is 4.48. The van der Waals surface area contributed by atoms with Crippen molar-refractivity contribution in [3.8, 4) is 12.3 Å². The molecule has 1 heterocycles. The molecular formula is C10H13N3O. The van der Waals surface area contributed by atoms with Crippen LogP contribution in [0.25, 0.3) is 0 Å². The lowest BCUT2D eigenvalue weighted by Crippen LogP contribution is -2.25. The summed E-state index contributed by atoms with van der Waals surface area (Å²) in [6.45, 7) is 3.35. The van der Waals surface area contributed by atoms with Gasteiger partial charge in [0.15, 0.2) is 5.82 Å². The molecule has 0 bridgehead atoms. The predicted molar refractivity (Wildman–Crippen MR) is 53.9 cm³/mol. The van der Waals surface area contributed by atoms with E-state index in [0.717, 1.165) is 6.54 Å². The highest BCUT2D eigenvalue weighted by atomic mass is 16.1. The number of ketones is 1. The monoisotopic (exact) mass is 191 g/mol. The number of nitrogens with zero attached hydrogens (tertiary/aromatic N) is 2. The maximum absolute atomic E-state index is 11.5. The van der Waals surface area contributed by atoms with Crippen LogP contribution in [0.2, 0.25) is 0 Å². The third kappa shape index (κ3) is 2.44. The standard InChI is InChI=1S/C10H13N3O/c1-3-5-11-8-9(14)10-12-6-7-13(10)4-2/h1,6-7,11H,4-5,8H2,2H3. The summed E-state index contributed by atoms with van der Waals surface area (Å²) in [5, 5.41) is 2.84. The SMILES string of the molecule is C#CCNCC(=O)c1nccn1CC. The molecule has 1 N–H and O–H groups in total. The summed E-state index contributed by atoms with van der Waals surface area (Å²) in [4.78, 5) is 15.5. The van der Waals surface area contributed by atoms with Gasteiger partial charge < -0.3 is 4.57 Å². The van der Waals surface area contributed by atoms with Gasteiger partial charge >= 0.3 is 0 Å². The fourth-order valence-electron chi connectivity index (χ4n) is 1.14. The van der Waals surface area contributed by atoms with Gasteiger partial charge in [0.05, 0.1) is 13.1 Å². The molecule has 0 amide bonds. The van der Waals surface area contributed by atoms with Crippen molar-refractivity contribution in [2.75, 3.05) is 13.1 Å². The van der Waals surface area contributed by atoms with E-state index in [-0.39, 0.29) is 12.3 Å². The van der Waals surface area contributed by atoms with Crippen molar-refractivity contribution in [3.05, 3.63) is 18.2 Å². The molecule has 4 heteroatoms. The lowest BCUT2D eigenvalue weighted by atomic mass is 10.3. The molecule has 74 valence electrons. The van der Waals surface area contributed by atoms with Gasteiger partial charge in [-0.2, -0.15) is 0 Å². The first kappa shape index (κ1) is 10.5. The second kappa shape index (κ2) is 5.20. The van der Waals surface area contributed by atoms with E-state index in [9.17, 15) is 4.79 Å². The third-order valence-electron chi connectivity index (χ3n) is 1.82. The van der Waals surface area contributed by atoms with Crippen molar-refractivity contribution < 1.29 is 4.79 Å². The summed E-state index contributed by atoms with van der Waals surface area (Å²) in [5.74, 6) is 2.85. The van der Waals surface area contributed by atoms with Crippen LogP contribution in [0.15, 0.2) is 12.4 Å². The summed E-state index contributed by atoms with van der Waals surface area (Å²) in [6.07, 6.45) is 8.45. The summed E-state index contributed by atoms with van der Waals surface area (Å²) in [5.41, 5.74) is 0. The van der Waals surface area contributed by atoms with Crippen molar-refractivity contribution in [2.45, 2.75) is 13.5 Å². The summed E-state index contributed by atoms with van der Waals surface area (Å²) in [7, 11) is 0. The van der Waals surface area contributed by atoms with Crippen LogP contribution in [0.1, 0.15) is 17.5 Å². The van der Waals surface area contributed by atoms with Gasteiger partial charge in [-0.25, -0.2) is 4.98 Å². The molecule has 0 saturated carbocycles. The van der Waals surface area contributed by atoms with Crippen LogP contribution in [0.5, 0.6) is 0 Å². The summed E-state index contributed by atoms with van der Waals surface area (Å²) in [6, 6.07) is 0. The number of nitrogens with one attached hydrogen (secondary N) is 1. The fraction of sp³-hybridized carbons (Fsp3) is 0.400. The van der Waals surface area contributed by atoms with E-state index in [0.29, 0.717) is 12.4 Å². The zero-order chi connectivity index (χ0) is 10.4. The number of Topliss-reactive ketones (excluding diaryl/α,β-unsaturated/α-hetero) is 1. The lowest BCUT2D eigenvalue weighted by molar-refractivity contribution is 0.0978. The fourth-order valence-corrected chi connectivity index (χ4v) is 1.14. The summed E-state index contributed by atoms with van der Waals surface area (Å²) >= 11 is 0. The van der Waals surface area contributed by atoms with Crippen molar-refractivity contribution in [1.29, 1.82) is 0 Å². The van der Waals surface area contributed by atoms with Crippen molar-refractivity contribution in [1.82, 2.24) is 14.9 Å². The summed E-state index contributed by atoms with van der Waals surface area (Å²) < 4.78 is 1.81. The average molecular weight is 191 g/mol. The Hall–Kier alpha value is -1.60. The Labute approximate surface area is 83.3 Å². The number of aromatic nitrogens is 2. The average Bonchev–Trinajstić information content (AvgIpc) is 2.65. The highest BCUT2D eigenvalue weighted by Gasteiger charge is 2.10. The number of hydrogen-bond acceptors (Lipinski definition) is 3. The maximum atomic E-state index is 11.5. The molecule has 0 saturated heterocycles. The molecule has 0 aromatic carbocycles. The van der Waals surface area contributed by atoms with Gasteiger partial charge in [-0.05, 0) is 6.92 Å². The molecule has 4 nitrogen and oxygen atoms in total. The Morgan fingerprint density at radius 3 is 3.21 bits per heavy atom. The Balaban J connectivity index is 2.57. The highest BCUT2D eigenvalue weighted by molar-refractivity contribution is 5.94. The molecule has 1 rings (SSSR count). The van der Waals surface area contributed by atoms with Crippen LogP contribution in [0.4, 0.5) is 0 Å². The highest BCUT2D eigenvalue weighted by Crippen LogP contribution is 1.97. The van der Waals surface area contributed by atoms with E-state index in [1.165, 1.54) is 0 Å². The molecule has 0 aliphatic rings. The Morgan fingerprint density at radius 2 is 2.57 bits per heavy atom. The third-order valence-corrected chi connectivity index (χ3v) is 1.82. The molecule has 1 aromatic rings. The zero-order valence-electron chi connectivity index (χ0n) is 8.16. The minimum absolute atomic E-state index is 0.0351. The minimum atomic E-state index is -0.0351. The van der Waals surface area contributed by atoms with E-state index in [1.807, 2.05) is 6.92 Å². The van der Waals surface area contributed by atoms with Gasteiger partial charge in [-0.15, -0.1) is 6.42 Å². The Kier molecular flexibility index (Phi) is 3.89. The van der Waals surface area contributed by atoms with Crippen molar-refractivity contribution in [3.63, 3.8) is 0 Å². The molecular weight excluding hydrogens is 178 g/mol. The quantitative estimate of drug-likeness (QED) is 0.414. The van der Waals surface area contributed by atoms with E-state index in [2.05, 4.69) is 16.2 Å². The second-order valence-electron chi connectivity index (χ2n) is 2.77. The van der Waals surface area contributed by atoms with Crippen LogP contribution in [0, 0.1) is 12.3 Å². The van der Waals surface area contributed by atoms with E-state index in [1.54, 1.807) is 17.0 Å². The van der Waals surface area contributed by atoms with Gasteiger partial charge in [0.25, 0.3) is 0 Å². The molecule has 0 atom stereocenters. The van der Waals surface area contributed by atoms with Gasteiger partial charge in [-0.1, -0.05) is 5.92 Å². The van der Waals surface area contributed by atoms with Crippen molar-refractivity contribution >= 4 is 5.78 Å². The smallest absolute Gasteiger partial charge is 0.211 e. The number of carbonyl (C=O) groups is 1. The van der Waals surface area contributed by atoms with Crippen LogP contribution in [-0.4, -0.2) is 28.4 Å². The van der Waals surface area contributed by atoms with Gasteiger partial charge in [-0.3, -0.25) is 10.1 Å². The van der Waals surface area contributed by atoms with E-state index in [4.69, 9.17) is 6.42 Å². The second-order valence-corrected chi connectivity index (χ2v) is 2.77. The molecule has 0 aliphatic carbocycles. The Morgan fingerprint density at radius 1 is 1.79 bits per heavy atom. The number of carbonyl (C=O) groups excluding carboxylic acids is 1. The lowest BCUT2D eigenvalue weighted by Gasteiger charge is -2.03. The van der Waals surface area contributed by atoms with Crippen LogP contribution in [-0.2, 0) is 6.54 Å². The number of hydrogen-bond donors (Lipinski definition) is 1. The minimum Gasteiger partial charge on any atom is -0.329 e. The van der Waals surface area contributed by atoms with Crippen molar-refractivity contribution in [2.24, 2.45) is 0 Å². The molecule has 0 radical (unpaired) electrons. The molecule has 0 spiro atoms. The van der Waals surface area contributed by atoms with E-state index >= 15 is 0 Å². The molecule has 14 heavy (non-hydrogen) atoms. The van der Waals surface area contributed by atoms with Crippen LogP contribution in [0.3, 0.4) is 0 Å². The van der Waals surface area contributed by atoms with E-state index < -0.39 is 0 Å². The number of aryl methyl sites for hydroxylation is 1. The topological polar surface area (TPSA) is 46.9 Å². The largest absolute Gasteiger partial charge is 0.329 e. The normalized spacial score (nSPS) is 9.71.